The molecule has 6 aromatic rings. The van der Waals surface area contributed by atoms with Crippen molar-refractivity contribution < 1.29 is 42.9 Å². The fourth-order valence-electron chi connectivity index (χ4n) is 10.3. The Kier molecular flexibility index (Phi) is 19.5. The molecule has 20 nitrogen and oxygen atoms in total. The highest BCUT2D eigenvalue weighted by atomic mass is 32.1. The van der Waals surface area contributed by atoms with Crippen LogP contribution >= 0.6 is 11.3 Å². The third-order valence-electron chi connectivity index (χ3n) is 14.8. The van der Waals surface area contributed by atoms with Crippen LogP contribution in [0.2, 0.25) is 0 Å². The molecule has 0 aliphatic carbocycles. The van der Waals surface area contributed by atoms with E-state index in [0.717, 1.165) is 95.3 Å². The van der Waals surface area contributed by atoms with E-state index in [-0.39, 0.29) is 50.5 Å². The second-order valence-corrected chi connectivity index (χ2v) is 22.7. The Morgan fingerprint density at radius 2 is 1.68 bits per heavy atom. The number of carbonyl (C=O) groups excluding carboxylic acids is 5. The summed E-state index contributed by atoms with van der Waals surface area (Å²) in [6, 6.07) is 22.7. The molecule has 428 valence electrons. The Bertz CT molecular complexity index is 3100. The molecule has 0 saturated carbocycles. The average molecular weight is 1120 g/mol. The van der Waals surface area contributed by atoms with Gasteiger partial charge in [-0.3, -0.25) is 34.1 Å². The van der Waals surface area contributed by atoms with Crippen molar-refractivity contribution in [1.29, 1.82) is 0 Å². The monoisotopic (exact) mass is 1120 g/mol. The van der Waals surface area contributed by atoms with Crippen molar-refractivity contribution in [1.82, 2.24) is 51.3 Å². The predicted octanol–water partition coefficient (Wildman–Crippen LogP) is 7.23. The zero-order chi connectivity index (χ0) is 56.8. The lowest BCUT2D eigenvalue weighted by Gasteiger charge is -2.37. The number of aromatic amines is 1. The number of Topliss-reactive ketones (excluding diaryl/α,β-unsaturated/α-hetero) is 1. The Morgan fingerprint density at radius 1 is 0.901 bits per heavy atom. The van der Waals surface area contributed by atoms with Crippen molar-refractivity contribution in [2.75, 3.05) is 64.6 Å². The third kappa shape index (κ3) is 15.3. The van der Waals surface area contributed by atoms with Gasteiger partial charge in [-0.25, -0.2) is 9.97 Å². The molecule has 9 rings (SSSR count). The molecule has 0 bridgehead atoms. The number of aryl methyl sites for hydroxylation is 1. The van der Waals surface area contributed by atoms with Crippen molar-refractivity contribution in [3.05, 3.63) is 125 Å². The SMILES string of the molecule is Cc1ncsc1-c1ccc(CNC(=O)[C@@H]2CC(=O)CN2C(=O)[C@@H](NC(=O)COCCCOCCCCCOc2ccc3c(c2)[C@H](NC(=O)c2cccc(NC4(c5nc(-c6ccncc6)n[nH]5)CCNCC4)c2)CCO3)C(C)(C)C)cc1. The number of pyridine rings is 1. The maximum atomic E-state index is 14.0. The van der Waals surface area contributed by atoms with Crippen LogP contribution in [0.5, 0.6) is 11.5 Å². The van der Waals surface area contributed by atoms with Crippen molar-refractivity contribution in [2.45, 2.75) is 109 Å². The van der Waals surface area contributed by atoms with Crippen LogP contribution in [0.15, 0.2) is 96.8 Å². The summed E-state index contributed by atoms with van der Waals surface area (Å²) < 4.78 is 23.6. The summed E-state index contributed by atoms with van der Waals surface area (Å²) in [5, 5.41) is 23.8. The van der Waals surface area contributed by atoms with Crippen LogP contribution in [0.1, 0.15) is 111 Å². The highest BCUT2D eigenvalue weighted by molar-refractivity contribution is 7.13. The minimum Gasteiger partial charge on any atom is -0.494 e. The number of hydrogen-bond donors (Lipinski definition) is 6. The topological polar surface area (TPSA) is 253 Å². The number of fused-ring (bicyclic) bond motifs is 1. The Labute approximate surface area is 476 Å². The summed E-state index contributed by atoms with van der Waals surface area (Å²) in [4.78, 5) is 82.7. The first kappa shape index (κ1) is 58.1. The first-order valence-corrected chi connectivity index (χ1v) is 28.8. The van der Waals surface area contributed by atoms with Crippen LogP contribution in [-0.2, 0) is 40.7 Å². The Hall–Kier alpha value is -7.59. The highest BCUT2D eigenvalue weighted by Gasteiger charge is 2.45. The summed E-state index contributed by atoms with van der Waals surface area (Å²) >= 11 is 1.57. The van der Waals surface area contributed by atoms with E-state index in [1.165, 1.54) is 4.90 Å². The molecule has 3 atom stereocenters. The number of rotatable bonds is 25. The molecule has 6 N–H and O–H groups in total. The fourth-order valence-corrected chi connectivity index (χ4v) is 11.1. The zero-order valence-corrected chi connectivity index (χ0v) is 47.3. The molecule has 3 aliphatic heterocycles. The normalized spacial score (nSPS) is 17.1. The van der Waals surface area contributed by atoms with E-state index in [1.807, 2.05) is 112 Å². The van der Waals surface area contributed by atoms with Crippen molar-refractivity contribution in [2.24, 2.45) is 5.41 Å². The summed E-state index contributed by atoms with van der Waals surface area (Å²) in [6.07, 6.45) is 8.65. The summed E-state index contributed by atoms with van der Waals surface area (Å²) in [5.41, 5.74) is 6.54. The second kappa shape index (κ2) is 27.2. The Balaban J connectivity index is 0.653. The quantitative estimate of drug-likeness (QED) is 0.0309. The molecule has 21 heteroatoms. The molecule has 3 aromatic heterocycles. The standard InChI is InChI=1S/C60H73N11O9S/c1-39-52(81-38-64-39)41-14-12-40(13-15-41)35-63-56(75)49-33-45(72)36-71(49)57(76)53(59(2,3)4)66-51(73)37-78-29-9-28-77-27-6-5-7-30-79-46-16-17-50-47(34-46)48(20-31-80-50)65-55(74)43-10-8-11-44(32-43)68-60(21-25-62-26-22-60)58-67-54(69-70-58)42-18-23-61-24-19-42/h8,10-19,23-24,32,34,38,48-49,53,62,68H,5-7,9,20-22,25-31,33,35-37H2,1-4H3,(H,63,75)(H,65,74)(H,66,73)(H,67,69,70)/t48-,49+,53-/m1/s1. The number of thiazole rings is 1. The lowest BCUT2D eigenvalue weighted by Crippen LogP contribution is -2.58. The minimum absolute atomic E-state index is 0.0935. The van der Waals surface area contributed by atoms with Gasteiger partial charge in [-0.2, -0.15) is 5.10 Å². The van der Waals surface area contributed by atoms with Gasteiger partial charge in [0, 0.05) is 74.0 Å². The number of H-pyrrole nitrogens is 1. The number of aromatic nitrogens is 5. The van der Waals surface area contributed by atoms with E-state index < -0.39 is 40.8 Å². The smallest absolute Gasteiger partial charge is 0.251 e. The van der Waals surface area contributed by atoms with Crippen LogP contribution in [0, 0.1) is 12.3 Å². The molecular weight excluding hydrogens is 1050 g/mol. The lowest BCUT2D eigenvalue weighted by atomic mass is 9.85. The molecular formula is C60H73N11O9S. The van der Waals surface area contributed by atoms with Crippen LogP contribution in [0.25, 0.3) is 21.8 Å². The zero-order valence-electron chi connectivity index (χ0n) is 46.5. The van der Waals surface area contributed by atoms with Gasteiger partial charge in [0.15, 0.2) is 17.4 Å². The molecule has 2 saturated heterocycles. The van der Waals surface area contributed by atoms with Gasteiger partial charge in [-0.05, 0) is 124 Å². The van der Waals surface area contributed by atoms with E-state index in [4.69, 9.17) is 23.9 Å². The van der Waals surface area contributed by atoms with E-state index in [2.05, 4.69) is 46.7 Å². The minimum atomic E-state index is -0.995. The number of nitrogens with zero attached hydrogens (tertiary/aromatic N) is 5. The lowest BCUT2D eigenvalue weighted by molar-refractivity contribution is -0.144. The molecule has 6 heterocycles. The van der Waals surface area contributed by atoms with Gasteiger partial charge in [0.1, 0.15) is 30.2 Å². The van der Waals surface area contributed by atoms with Crippen molar-refractivity contribution in [3.8, 4) is 33.3 Å². The largest absolute Gasteiger partial charge is 0.494 e. The number of ketones is 1. The van der Waals surface area contributed by atoms with Crippen molar-refractivity contribution >= 4 is 46.4 Å². The first-order chi connectivity index (χ1) is 39.2. The number of nitrogens with one attached hydrogen (secondary N) is 6. The van der Waals surface area contributed by atoms with Gasteiger partial charge in [0.05, 0.1) is 47.4 Å². The molecule has 4 amide bonds. The highest BCUT2D eigenvalue weighted by Crippen LogP contribution is 2.37. The number of likely N-dealkylation sites (tertiary alicyclic amines) is 1. The molecule has 0 unspecified atom stereocenters. The van der Waals surface area contributed by atoms with E-state index in [1.54, 1.807) is 23.7 Å². The van der Waals surface area contributed by atoms with Crippen LogP contribution in [0.3, 0.4) is 0 Å². The maximum absolute atomic E-state index is 14.0. The molecule has 3 aliphatic rings. The number of unbranched alkanes of at least 4 members (excludes halogenated alkanes) is 2. The second-order valence-electron chi connectivity index (χ2n) is 21.8. The first-order valence-electron chi connectivity index (χ1n) is 27.9. The van der Waals surface area contributed by atoms with Gasteiger partial charge >= 0.3 is 0 Å². The van der Waals surface area contributed by atoms with E-state index in [9.17, 15) is 24.0 Å². The third-order valence-corrected chi connectivity index (χ3v) is 15.7. The molecule has 0 spiro atoms. The van der Waals surface area contributed by atoms with Gasteiger partial charge in [0.25, 0.3) is 5.91 Å². The number of anilines is 1. The van der Waals surface area contributed by atoms with Crippen LogP contribution in [0.4, 0.5) is 5.69 Å². The van der Waals surface area contributed by atoms with Gasteiger partial charge in [-0.15, -0.1) is 11.3 Å². The molecule has 3 aromatic carbocycles. The predicted molar refractivity (Wildman–Crippen MR) is 306 cm³/mol. The summed E-state index contributed by atoms with van der Waals surface area (Å²) in [5.74, 6) is 0.976. The number of carbonyl (C=O) groups is 5. The van der Waals surface area contributed by atoms with Gasteiger partial charge in [0.2, 0.25) is 17.7 Å². The number of amides is 4. The molecule has 81 heavy (non-hydrogen) atoms. The van der Waals surface area contributed by atoms with Gasteiger partial charge in [-0.1, -0.05) is 51.1 Å². The van der Waals surface area contributed by atoms with Crippen LogP contribution in [-0.4, -0.2) is 131 Å². The maximum Gasteiger partial charge on any atom is 0.251 e. The van der Waals surface area contributed by atoms with E-state index >= 15 is 0 Å². The Morgan fingerprint density at radius 3 is 2.46 bits per heavy atom. The van der Waals surface area contributed by atoms with Crippen LogP contribution < -0.4 is 36.1 Å². The summed E-state index contributed by atoms with van der Waals surface area (Å²) in [6.45, 7) is 11.1. The number of ether oxygens (including phenoxy) is 4. The number of benzene rings is 3. The van der Waals surface area contributed by atoms with Gasteiger partial charge < -0.3 is 50.4 Å². The van der Waals surface area contributed by atoms with E-state index in [0.29, 0.717) is 56.4 Å². The molecule has 2 fully saturated rings. The van der Waals surface area contributed by atoms with Crippen molar-refractivity contribution in [3.63, 3.8) is 0 Å². The summed E-state index contributed by atoms with van der Waals surface area (Å²) in [7, 11) is 0. The number of piperidine rings is 1. The molecule has 0 radical (unpaired) electrons. The number of hydrogen-bond acceptors (Lipinski definition) is 16. The fraction of sp³-hybridized carbons (Fsp3) is 0.450. The average Bonchev–Trinajstić information content (AvgIpc) is 4.39.